The van der Waals surface area contributed by atoms with Crippen molar-refractivity contribution in [3.05, 3.63) is 30.3 Å². The van der Waals surface area contributed by atoms with E-state index in [4.69, 9.17) is 0 Å². The van der Waals surface area contributed by atoms with E-state index >= 15 is 0 Å². The second kappa shape index (κ2) is 3.30. The molecule has 1 heterocycles. The van der Waals surface area contributed by atoms with Crippen LogP contribution in [0.4, 0.5) is 0 Å². The summed E-state index contributed by atoms with van der Waals surface area (Å²) in [5, 5.41) is 0.974. The van der Waals surface area contributed by atoms with Crippen molar-refractivity contribution in [2.24, 2.45) is 11.8 Å². The summed E-state index contributed by atoms with van der Waals surface area (Å²) in [6, 6.07) is 9.73. The molecule has 2 unspecified atom stereocenters. The second-order valence-corrected chi connectivity index (χ2v) is 8.15. The van der Waals surface area contributed by atoms with E-state index in [1.54, 1.807) is 0 Å². The first-order valence-electron chi connectivity index (χ1n) is 5.80. The van der Waals surface area contributed by atoms with Gasteiger partial charge in [-0.15, -0.1) is 0 Å². The number of hydrogen-bond donors (Lipinski definition) is 0. The number of Topliss-reactive ketones (excluding diaryl/α,β-unsaturated/α-hetero) is 1. The number of carbonyl (C=O) groups is 1. The number of benzene rings is 1. The molecule has 3 heteroatoms. The van der Waals surface area contributed by atoms with Crippen molar-refractivity contribution < 1.29 is 9.36 Å². The fraction of sp³-hybridized carbons (Fsp3) is 0.462. The van der Waals surface area contributed by atoms with Crippen LogP contribution >= 0.6 is 7.14 Å². The predicted molar refractivity (Wildman–Crippen MR) is 64.6 cm³/mol. The van der Waals surface area contributed by atoms with Crippen LogP contribution in [0.3, 0.4) is 0 Å². The molecule has 2 fully saturated rings. The van der Waals surface area contributed by atoms with Gasteiger partial charge >= 0.3 is 0 Å². The predicted octanol–water partition coefficient (Wildman–Crippen LogP) is 2.28. The van der Waals surface area contributed by atoms with Gasteiger partial charge in [0.15, 0.2) is 0 Å². The van der Waals surface area contributed by atoms with Crippen LogP contribution in [0, 0.1) is 11.8 Å². The summed E-state index contributed by atoms with van der Waals surface area (Å²) in [5.41, 5.74) is 0.118. The standard InChI is InChI=1S/C13H15O2P/c1-9-11-8-16(15,13(9)7-12(11)14)10-5-3-2-4-6-10/h2-6,9,11,13H,7-8H2,1H3/t9-,11+,13?,16?/m0/s1. The Morgan fingerprint density at radius 1 is 1.25 bits per heavy atom. The maximum Gasteiger partial charge on any atom is 0.137 e. The highest BCUT2D eigenvalue weighted by Crippen LogP contribution is 2.66. The van der Waals surface area contributed by atoms with E-state index < -0.39 is 7.14 Å². The molecule has 1 aromatic carbocycles. The average molecular weight is 234 g/mol. The van der Waals surface area contributed by atoms with Gasteiger partial charge < -0.3 is 4.57 Å². The van der Waals surface area contributed by atoms with Crippen molar-refractivity contribution in [3.63, 3.8) is 0 Å². The molecule has 0 N–H and O–H groups in total. The Labute approximate surface area is 95.4 Å². The lowest BCUT2D eigenvalue weighted by Crippen LogP contribution is -2.21. The Hall–Kier alpha value is -0.880. The summed E-state index contributed by atoms with van der Waals surface area (Å²) in [6.07, 6.45) is 1.15. The van der Waals surface area contributed by atoms with Gasteiger partial charge in [-0.3, -0.25) is 4.79 Å². The molecule has 1 aliphatic heterocycles. The summed E-state index contributed by atoms with van der Waals surface area (Å²) in [6.45, 7) is 2.09. The minimum absolute atomic E-state index is 0.0658. The van der Waals surface area contributed by atoms with Crippen molar-refractivity contribution in [1.82, 2.24) is 0 Å². The zero-order chi connectivity index (χ0) is 11.3. The molecule has 0 spiro atoms. The minimum atomic E-state index is -2.30. The van der Waals surface area contributed by atoms with E-state index in [2.05, 4.69) is 6.92 Å². The van der Waals surface area contributed by atoms with E-state index in [1.807, 2.05) is 30.3 Å². The fourth-order valence-electron chi connectivity index (χ4n) is 3.30. The van der Waals surface area contributed by atoms with Crippen LogP contribution in [0.25, 0.3) is 0 Å². The van der Waals surface area contributed by atoms with Gasteiger partial charge in [0.1, 0.15) is 12.9 Å². The zero-order valence-corrected chi connectivity index (χ0v) is 10.2. The van der Waals surface area contributed by atoms with Gasteiger partial charge in [-0.1, -0.05) is 37.3 Å². The topological polar surface area (TPSA) is 34.1 Å². The van der Waals surface area contributed by atoms with E-state index in [9.17, 15) is 9.36 Å². The zero-order valence-electron chi connectivity index (χ0n) is 9.30. The lowest BCUT2D eigenvalue weighted by Gasteiger charge is -2.22. The van der Waals surface area contributed by atoms with Gasteiger partial charge in [0.25, 0.3) is 0 Å². The summed E-state index contributed by atoms with van der Waals surface area (Å²) in [7, 11) is -2.30. The first-order valence-corrected chi connectivity index (χ1v) is 7.76. The number of ketones is 1. The Kier molecular flexibility index (Phi) is 2.12. The molecule has 1 aliphatic carbocycles. The molecular weight excluding hydrogens is 219 g/mol. The van der Waals surface area contributed by atoms with Gasteiger partial charge in [-0.05, 0) is 5.92 Å². The third-order valence-electron chi connectivity index (χ3n) is 4.26. The number of fused-ring (bicyclic) bond motifs is 2. The largest absolute Gasteiger partial charge is 0.318 e. The molecule has 0 amide bonds. The maximum absolute atomic E-state index is 13.0. The van der Waals surface area contributed by atoms with Crippen LogP contribution < -0.4 is 5.30 Å². The third kappa shape index (κ3) is 1.20. The number of carbonyl (C=O) groups excluding carboxylic acids is 1. The van der Waals surface area contributed by atoms with Gasteiger partial charge in [0, 0.05) is 29.5 Å². The van der Waals surface area contributed by atoms with Gasteiger partial charge in [0.2, 0.25) is 0 Å². The highest BCUT2D eigenvalue weighted by molar-refractivity contribution is 7.72. The smallest absolute Gasteiger partial charge is 0.137 e. The summed E-state index contributed by atoms with van der Waals surface area (Å²) in [4.78, 5) is 11.6. The molecule has 4 atom stereocenters. The molecule has 2 nitrogen and oxygen atoms in total. The van der Waals surface area contributed by atoms with E-state index in [0.29, 0.717) is 24.3 Å². The van der Waals surface area contributed by atoms with Crippen molar-refractivity contribution >= 4 is 18.2 Å². The van der Waals surface area contributed by atoms with Crippen LogP contribution in [0.1, 0.15) is 13.3 Å². The number of hydrogen-bond acceptors (Lipinski definition) is 2. The minimum Gasteiger partial charge on any atom is -0.318 e. The SMILES string of the molecule is C[C@@H]1C2CC(=O)[C@@H]1CP2(=O)c1ccccc1. The number of rotatable bonds is 1. The highest BCUT2D eigenvalue weighted by Gasteiger charge is 2.57. The molecule has 2 bridgehead atoms. The van der Waals surface area contributed by atoms with Crippen molar-refractivity contribution in [3.8, 4) is 0 Å². The molecule has 1 saturated heterocycles. The molecular formula is C13H15O2P. The van der Waals surface area contributed by atoms with Crippen LogP contribution in [-0.4, -0.2) is 17.6 Å². The molecule has 1 aromatic rings. The quantitative estimate of drug-likeness (QED) is 0.698. The van der Waals surface area contributed by atoms with Gasteiger partial charge in [-0.2, -0.15) is 0 Å². The molecule has 2 aliphatic rings. The molecule has 84 valence electrons. The Bertz CT molecular complexity index is 480. The van der Waals surface area contributed by atoms with E-state index in [0.717, 1.165) is 5.30 Å². The first-order chi connectivity index (χ1) is 7.63. The molecule has 1 saturated carbocycles. The third-order valence-corrected chi connectivity index (χ3v) is 8.09. The van der Waals surface area contributed by atoms with E-state index in [1.165, 1.54) is 0 Å². The van der Waals surface area contributed by atoms with Gasteiger partial charge in [-0.25, -0.2) is 0 Å². The summed E-state index contributed by atoms with van der Waals surface area (Å²) >= 11 is 0. The summed E-state index contributed by atoms with van der Waals surface area (Å²) < 4.78 is 13.0. The Morgan fingerprint density at radius 2 is 1.94 bits per heavy atom. The Balaban J connectivity index is 2.05. The average Bonchev–Trinajstić information content (AvgIpc) is 2.71. The van der Waals surface area contributed by atoms with Gasteiger partial charge in [0.05, 0.1) is 0 Å². The van der Waals surface area contributed by atoms with Crippen molar-refractivity contribution in [2.75, 3.05) is 6.16 Å². The molecule has 0 radical (unpaired) electrons. The van der Waals surface area contributed by atoms with Crippen LogP contribution in [0.5, 0.6) is 0 Å². The fourth-order valence-corrected chi connectivity index (χ4v) is 7.41. The first kappa shape index (κ1) is 10.3. The highest BCUT2D eigenvalue weighted by atomic mass is 31.2. The summed E-state index contributed by atoms with van der Waals surface area (Å²) in [5.74, 6) is 0.717. The maximum atomic E-state index is 13.0. The van der Waals surface area contributed by atoms with Crippen LogP contribution in [-0.2, 0) is 9.36 Å². The lowest BCUT2D eigenvalue weighted by atomic mass is 10.0. The Morgan fingerprint density at radius 3 is 2.44 bits per heavy atom. The van der Waals surface area contributed by atoms with Crippen molar-refractivity contribution in [2.45, 2.75) is 19.0 Å². The van der Waals surface area contributed by atoms with Crippen LogP contribution in [0.2, 0.25) is 0 Å². The van der Waals surface area contributed by atoms with Crippen molar-refractivity contribution in [1.29, 1.82) is 0 Å². The monoisotopic (exact) mass is 234 g/mol. The molecule has 16 heavy (non-hydrogen) atoms. The van der Waals surface area contributed by atoms with Crippen LogP contribution in [0.15, 0.2) is 30.3 Å². The molecule has 3 rings (SSSR count). The lowest BCUT2D eigenvalue weighted by molar-refractivity contribution is -0.120. The normalized spacial score (nSPS) is 41.6. The second-order valence-electron chi connectivity index (χ2n) is 5.02. The van der Waals surface area contributed by atoms with E-state index in [-0.39, 0.29) is 11.6 Å². The molecule has 0 aromatic heterocycles.